The number of fused-ring (bicyclic) bond motifs is 1. The van der Waals surface area contributed by atoms with Gasteiger partial charge in [-0.05, 0) is 40.5 Å². The van der Waals surface area contributed by atoms with Crippen LogP contribution in [0.4, 0.5) is 0 Å². The van der Waals surface area contributed by atoms with Gasteiger partial charge in [-0.2, -0.15) is 0 Å². The summed E-state index contributed by atoms with van der Waals surface area (Å²) in [6.45, 7) is 8.46. The van der Waals surface area contributed by atoms with Gasteiger partial charge in [-0.15, -0.1) is 0 Å². The summed E-state index contributed by atoms with van der Waals surface area (Å²) in [6, 6.07) is -0.0507. The third-order valence-corrected chi connectivity index (χ3v) is 7.13. The van der Waals surface area contributed by atoms with Gasteiger partial charge < -0.3 is 23.7 Å². The fourth-order valence-corrected chi connectivity index (χ4v) is 4.80. The number of hydrogen-bond donors (Lipinski definition) is 0. The fourth-order valence-electron chi connectivity index (χ4n) is 4.80. The summed E-state index contributed by atoms with van der Waals surface area (Å²) in [5, 5.41) is 0. The molecule has 0 unspecified atom stereocenters. The molecule has 5 rings (SSSR count). The molecule has 1 aromatic heterocycles. The molecule has 2 atom stereocenters. The van der Waals surface area contributed by atoms with E-state index in [0.717, 1.165) is 18.5 Å². The number of carbonyl (C=O) groups is 1. The van der Waals surface area contributed by atoms with Gasteiger partial charge in [0.25, 0.3) is 5.91 Å². The van der Waals surface area contributed by atoms with E-state index >= 15 is 0 Å². The van der Waals surface area contributed by atoms with Gasteiger partial charge in [-0.3, -0.25) is 14.8 Å². The van der Waals surface area contributed by atoms with Crippen LogP contribution in [-0.2, 0) is 23.6 Å². The molecule has 3 saturated heterocycles. The van der Waals surface area contributed by atoms with Gasteiger partial charge in [-0.1, -0.05) is 0 Å². The van der Waals surface area contributed by atoms with Gasteiger partial charge in [0.1, 0.15) is 6.23 Å². The third kappa shape index (κ3) is 3.01. The maximum atomic E-state index is 13.2. The van der Waals surface area contributed by atoms with Crippen LogP contribution in [0.3, 0.4) is 0 Å². The lowest BCUT2D eigenvalue weighted by Gasteiger charge is -2.42. The Kier molecular flexibility index (Phi) is 4.34. The van der Waals surface area contributed by atoms with Crippen molar-refractivity contribution in [2.45, 2.75) is 88.6 Å². The van der Waals surface area contributed by atoms with Crippen LogP contribution in [0.25, 0.3) is 0 Å². The van der Waals surface area contributed by atoms with E-state index in [2.05, 4.69) is 9.97 Å². The van der Waals surface area contributed by atoms with E-state index in [1.165, 1.54) is 0 Å². The second-order valence-electron chi connectivity index (χ2n) is 9.55. The lowest BCUT2D eigenvalue weighted by atomic mass is 9.76. The van der Waals surface area contributed by atoms with Crippen LogP contribution in [0.15, 0.2) is 18.6 Å². The van der Waals surface area contributed by atoms with Gasteiger partial charge in [0.15, 0.2) is 5.60 Å². The van der Waals surface area contributed by atoms with Crippen LogP contribution >= 0.6 is 0 Å². The molecular formula is C20H28BN3O5. The van der Waals surface area contributed by atoms with Crippen molar-refractivity contribution >= 4 is 13.0 Å². The van der Waals surface area contributed by atoms with Crippen molar-refractivity contribution in [2.75, 3.05) is 6.51 Å². The van der Waals surface area contributed by atoms with Gasteiger partial charge >= 0.3 is 7.12 Å². The van der Waals surface area contributed by atoms with Crippen molar-refractivity contribution in [3.8, 4) is 0 Å². The molecule has 4 aliphatic rings. The molecule has 9 heteroatoms. The summed E-state index contributed by atoms with van der Waals surface area (Å²) in [5.74, 6) is 0.0612. The molecule has 0 aromatic carbocycles. The third-order valence-electron chi connectivity index (χ3n) is 7.13. The highest BCUT2D eigenvalue weighted by atomic mass is 16.7. The summed E-state index contributed by atoms with van der Waals surface area (Å²) in [6.07, 6.45) is 7.70. The Labute approximate surface area is 171 Å². The maximum absolute atomic E-state index is 13.2. The molecule has 1 aromatic rings. The van der Waals surface area contributed by atoms with Crippen LogP contribution in [-0.4, -0.2) is 63.5 Å². The Morgan fingerprint density at radius 3 is 2.55 bits per heavy atom. The van der Waals surface area contributed by atoms with E-state index in [4.69, 9.17) is 18.8 Å². The molecule has 156 valence electrons. The Balaban J connectivity index is 1.18. The van der Waals surface area contributed by atoms with E-state index in [-0.39, 0.29) is 42.6 Å². The number of nitrogens with zero attached hydrogens (tertiary/aromatic N) is 3. The molecule has 1 saturated carbocycles. The van der Waals surface area contributed by atoms with Gasteiger partial charge in [0.05, 0.1) is 41.7 Å². The minimum Gasteiger partial charge on any atom is -0.402 e. The highest BCUT2D eigenvalue weighted by Gasteiger charge is 2.63. The van der Waals surface area contributed by atoms with Crippen molar-refractivity contribution in [3.05, 3.63) is 24.3 Å². The molecule has 0 bridgehead atoms. The van der Waals surface area contributed by atoms with Crippen LogP contribution in [0.2, 0.25) is 0 Å². The molecule has 29 heavy (non-hydrogen) atoms. The van der Waals surface area contributed by atoms with E-state index in [0.29, 0.717) is 19.3 Å². The standard InChI is InChI=1S/C20H28BN3O5/c1-18(2)19(3,4)29-21(28-18)12-26-13-9-20(10-13)17(25)24-15(5-6-16(24)27-20)14-11-22-7-8-23-14/h7-8,11,13,15-16H,5-6,9-10,12H2,1-4H3/t13?,15-,16+,20?/m0/s1. The number of rotatable bonds is 4. The van der Waals surface area contributed by atoms with E-state index < -0.39 is 5.60 Å². The lowest BCUT2D eigenvalue weighted by molar-refractivity contribution is -0.173. The Bertz CT molecular complexity index is 783. The van der Waals surface area contributed by atoms with Gasteiger partial charge in [-0.25, -0.2) is 0 Å². The fraction of sp³-hybridized carbons (Fsp3) is 0.750. The quantitative estimate of drug-likeness (QED) is 0.714. The average molecular weight is 401 g/mol. The second kappa shape index (κ2) is 6.47. The summed E-state index contributed by atoms with van der Waals surface area (Å²) < 4.78 is 24.2. The number of amides is 1. The molecule has 0 N–H and O–H groups in total. The SMILES string of the molecule is CC1(C)OB(COC2CC3(C2)O[C@@H]2CC[C@@H](c4cnccn4)N2C3=O)OC1(C)C. The molecule has 4 heterocycles. The number of aromatic nitrogens is 2. The van der Waals surface area contributed by atoms with E-state index in [1.807, 2.05) is 32.6 Å². The van der Waals surface area contributed by atoms with Crippen LogP contribution in [0, 0.1) is 0 Å². The predicted octanol–water partition coefficient (Wildman–Crippen LogP) is 2.05. The Morgan fingerprint density at radius 1 is 1.17 bits per heavy atom. The minimum absolute atomic E-state index is 0.0204. The second-order valence-corrected chi connectivity index (χ2v) is 9.55. The summed E-state index contributed by atoms with van der Waals surface area (Å²) in [5.41, 5.74) is -0.651. The largest absolute Gasteiger partial charge is 0.485 e. The van der Waals surface area contributed by atoms with Crippen molar-refractivity contribution in [3.63, 3.8) is 0 Å². The first-order valence-corrected chi connectivity index (χ1v) is 10.4. The van der Waals surface area contributed by atoms with Gasteiger partial charge in [0.2, 0.25) is 0 Å². The topological polar surface area (TPSA) is 83.0 Å². The van der Waals surface area contributed by atoms with E-state index in [1.54, 1.807) is 18.6 Å². The molecule has 8 nitrogen and oxygen atoms in total. The van der Waals surface area contributed by atoms with Crippen molar-refractivity contribution in [1.29, 1.82) is 0 Å². The zero-order valence-corrected chi connectivity index (χ0v) is 17.5. The average Bonchev–Trinajstić information content (AvgIpc) is 3.23. The molecule has 1 amide bonds. The predicted molar refractivity (Wildman–Crippen MR) is 104 cm³/mol. The molecule has 0 radical (unpaired) electrons. The molecular weight excluding hydrogens is 373 g/mol. The minimum atomic E-state index is -0.744. The number of carbonyl (C=O) groups excluding carboxylic acids is 1. The molecule has 1 spiro atoms. The molecule has 4 fully saturated rings. The van der Waals surface area contributed by atoms with Crippen LogP contribution < -0.4 is 0 Å². The Hall–Kier alpha value is -1.55. The zero-order valence-electron chi connectivity index (χ0n) is 17.5. The number of hydrogen-bond acceptors (Lipinski definition) is 7. The summed E-state index contributed by atoms with van der Waals surface area (Å²) in [4.78, 5) is 23.6. The normalized spacial score (nSPS) is 37.2. The van der Waals surface area contributed by atoms with Gasteiger partial charge in [0, 0.05) is 25.2 Å². The molecule has 1 aliphatic carbocycles. The van der Waals surface area contributed by atoms with Crippen molar-refractivity contribution in [2.24, 2.45) is 0 Å². The first-order valence-electron chi connectivity index (χ1n) is 10.4. The summed E-state index contributed by atoms with van der Waals surface area (Å²) >= 11 is 0. The zero-order chi connectivity index (χ0) is 20.4. The summed E-state index contributed by atoms with van der Waals surface area (Å²) in [7, 11) is -0.388. The number of ether oxygens (including phenoxy) is 2. The van der Waals surface area contributed by atoms with E-state index in [9.17, 15) is 4.79 Å². The molecule has 3 aliphatic heterocycles. The van der Waals surface area contributed by atoms with Crippen LogP contribution in [0.1, 0.15) is 65.1 Å². The highest BCUT2D eigenvalue weighted by molar-refractivity contribution is 6.45. The van der Waals surface area contributed by atoms with Crippen LogP contribution in [0.5, 0.6) is 0 Å². The monoisotopic (exact) mass is 401 g/mol. The smallest absolute Gasteiger partial charge is 0.402 e. The Morgan fingerprint density at radius 2 is 1.90 bits per heavy atom. The van der Waals surface area contributed by atoms with Crippen molar-refractivity contribution in [1.82, 2.24) is 14.9 Å². The maximum Gasteiger partial charge on any atom is 0.485 e. The first-order chi connectivity index (χ1) is 13.7. The highest BCUT2D eigenvalue weighted by Crippen LogP contribution is 2.51. The first kappa shape index (κ1) is 19.4. The lowest BCUT2D eigenvalue weighted by Crippen LogP contribution is -2.55. The van der Waals surface area contributed by atoms with Crippen molar-refractivity contribution < 1.29 is 23.6 Å².